The minimum Gasteiger partial charge on any atom is -0.497 e. The Morgan fingerprint density at radius 3 is 2.37 bits per heavy atom. The molecule has 0 aliphatic heterocycles. The van der Waals surface area contributed by atoms with Gasteiger partial charge in [0.2, 0.25) is 5.89 Å². The highest BCUT2D eigenvalue weighted by molar-refractivity contribution is 7.80. The van der Waals surface area contributed by atoms with Gasteiger partial charge in [0.1, 0.15) is 18.1 Å². The largest absolute Gasteiger partial charge is 0.497 e. The maximum Gasteiger partial charge on any atom is 0.227 e. The molecule has 2 aromatic carbocycles. The Bertz CT molecular complexity index is 1220. The van der Waals surface area contributed by atoms with Crippen LogP contribution in [0.15, 0.2) is 83.7 Å². The monoisotopic (exact) mass is 489 g/mol. The Hall–Kier alpha value is -3.91. The van der Waals surface area contributed by atoms with Crippen LogP contribution in [0.3, 0.4) is 0 Å². The third-order valence-corrected chi connectivity index (χ3v) is 5.53. The SMILES string of the molecule is CCCNC(=S)Nc1ccc(OCC[n+]2ccc(-c3ncc(-c4ccc(OC)cc4)o3)cc2)cc1. The zero-order chi connectivity index (χ0) is 24.5. The van der Waals surface area contributed by atoms with Crippen LogP contribution in [0.1, 0.15) is 13.3 Å². The molecule has 0 unspecified atom stereocenters. The number of thiocarbonyl (C=S) groups is 1. The lowest BCUT2D eigenvalue weighted by molar-refractivity contribution is -0.697. The molecule has 0 atom stereocenters. The van der Waals surface area contributed by atoms with Crippen molar-refractivity contribution in [3.05, 3.63) is 79.3 Å². The molecule has 0 amide bonds. The smallest absolute Gasteiger partial charge is 0.227 e. The molecule has 4 rings (SSSR count). The van der Waals surface area contributed by atoms with Crippen LogP contribution in [0.25, 0.3) is 22.8 Å². The Labute approximate surface area is 210 Å². The van der Waals surface area contributed by atoms with E-state index in [4.69, 9.17) is 26.1 Å². The number of rotatable bonds is 10. The molecule has 180 valence electrons. The number of oxazole rings is 1. The Kier molecular flexibility index (Phi) is 8.30. The maximum atomic E-state index is 5.96. The van der Waals surface area contributed by atoms with Crippen molar-refractivity contribution in [2.45, 2.75) is 19.9 Å². The van der Waals surface area contributed by atoms with Crippen LogP contribution < -0.4 is 24.7 Å². The summed E-state index contributed by atoms with van der Waals surface area (Å²) in [6.45, 7) is 4.22. The molecule has 0 aliphatic rings. The van der Waals surface area contributed by atoms with Crippen molar-refractivity contribution in [1.82, 2.24) is 10.3 Å². The quantitative estimate of drug-likeness (QED) is 0.238. The van der Waals surface area contributed by atoms with Gasteiger partial charge in [-0.25, -0.2) is 9.55 Å². The van der Waals surface area contributed by atoms with Crippen LogP contribution in [-0.4, -0.2) is 30.4 Å². The van der Waals surface area contributed by atoms with Crippen LogP contribution >= 0.6 is 12.2 Å². The number of anilines is 1. The van der Waals surface area contributed by atoms with E-state index in [-0.39, 0.29) is 0 Å². The lowest BCUT2D eigenvalue weighted by Gasteiger charge is -2.10. The first kappa shape index (κ1) is 24.2. The van der Waals surface area contributed by atoms with Crippen molar-refractivity contribution in [3.63, 3.8) is 0 Å². The molecule has 0 saturated heterocycles. The molecule has 2 aromatic heterocycles. The lowest BCUT2D eigenvalue weighted by Crippen LogP contribution is -2.35. The number of hydrogen-bond donors (Lipinski definition) is 2. The number of ether oxygens (including phenoxy) is 2. The molecule has 8 heteroatoms. The van der Waals surface area contributed by atoms with Crippen LogP contribution in [0.2, 0.25) is 0 Å². The highest BCUT2D eigenvalue weighted by atomic mass is 32.1. The summed E-state index contributed by atoms with van der Waals surface area (Å²) >= 11 is 5.26. The van der Waals surface area contributed by atoms with Gasteiger partial charge < -0.3 is 24.5 Å². The molecule has 2 heterocycles. The van der Waals surface area contributed by atoms with Gasteiger partial charge in [-0.15, -0.1) is 0 Å². The Morgan fingerprint density at radius 1 is 0.971 bits per heavy atom. The standard InChI is InChI=1S/C27H28N4O3S/c1-3-14-28-27(35)30-22-6-10-24(11-7-22)33-18-17-31-15-12-21(13-16-31)26-29-19-25(34-26)20-4-8-23(32-2)9-5-20/h4-13,15-16,19H,3,14,17-18H2,1-2H3,(H-,28,30,35)/p+1. The lowest BCUT2D eigenvalue weighted by atomic mass is 10.2. The Morgan fingerprint density at radius 2 is 1.69 bits per heavy atom. The zero-order valence-corrected chi connectivity index (χ0v) is 20.7. The van der Waals surface area contributed by atoms with E-state index in [2.05, 4.69) is 27.1 Å². The summed E-state index contributed by atoms with van der Waals surface area (Å²) in [5.74, 6) is 2.91. The van der Waals surface area contributed by atoms with Gasteiger partial charge in [0.25, 0.3) is 0 Å². The van der Waals surface area contributed by atoms with E-state index < -0.39 is 0 Å². The topological polar surface area (TPSA) is 72.4 Å². The van der Waals surface area contributed by atoms with E-state index in [1.54, 1.807) is 13.3 Å². The third kappa shape index (κ3) is 6.80. The van der Waals surface area contributed by atoms with Crippen molar-refractivity contribution in [3.8, 4) is 34.3 Å². The molecule has 0 fully saturated rings. The van der Waals surface area contributed by atoms with Gasteiger partial charge in [-0.3, -0.25) is 0 Å². The first-order valence-corrected chi connectivity index (χ1v) is 11.9. The fraction of sp³-hybridized carbons (Fsp3) is 0.222. The van der Waals surface area contributed by atoms with Gasteiger partial charge in [-0.1, -0.05) is 6.92 Å². The number of methoxy groups -OCH3 is 1. The second-order valence-electron chi connectivity index (χ2n) is 7.84. The van der Waals surface area contributed by atoms with E-state index in [0.717, 1.165) is 41.3 Å². The fourth-order valence-electron chi connectivity index (χ4n) is 3.36. The summed E-state index contributed by atoms with van der Waals surface area (Å²) < 4.78 is 19.1. The number of aromatic nitrogens is 2. The minimum absolute atomic E-state index is 0.549. The van der Waals surface area contributed by atoms with Crippen molar-refractivity contribution >= 4 is 23.0 Å². The first-order chi connectivity index (χ1) is 17.1. The van der Waals surface area contributed by atoms with Crippen molar-refractivity contribution < 1.29 is 18.5 Å². The van der Waals surface area contributed by atoms with Gasteiger partial charge >= 0.3 is 0 Å². The molecule has 0 saturated carbocycles. The predicted molar refractivity (Wildman–Crippen MR) is 141 cm³/mol. The molecular formula is C27H29N4O3S+. The molecule has 0 aliphatic carbocycles. The third-order valence-electron chi connectivity index (χ3n) is 5.28. The summed E-state index contributed by atoms with van der Waals surface area (Å²) in [4.78, 5) is 4.43. The highest BCUT2D eigenvalue weighted by Crippen LogP contribution is 2.27. The highest BCUT2D eigenvalue weighted by Gasteiger charge is 2.11. The van der Waals surface area contributed by atoms with E-state index in [0.29, 0.717) is 29.9 Å². The van der Waals surface area contributed by atoms with Crippen LogP contribution in [0.4, 0.5) is 5.69 Å². The summed E-state index contributed by atoms with van der Waals surface area (Å²) in [5.41, 5.74) is 2.79. The normalized spacial score (nSPS) is 10.6. The number of pyridine rings is 1. The fourth-order valence-corrected chi connectivity index (χ4v) is 3.58. The van der Waals surface area contributed by atoms with E-state index >= 15 is 0 Å². The first-order valence-electron chi connectivity index (χ1n) is 11.5. The van der Waals surface area contributed by atoms with Crippen LogP contribution in [-0.2, 0) is 6.54 Å². The van der Waals surface area contributed by atoms with Gasteiger partial charge in [0, 0.05) is 35.5 Å². The van der Waals surface area contributed by atoms with E-state index in [9.17, 15) is 0 Å². The molecule has 0 radical (unpaired) electrons. The Balaban J connectivity index is 1.27. The molecule has 7 nitrogen and oxygen atoms in total. The van der Waals surface area contributed by atoms with Gasteiger partial charge in [0.15, 0.2) is 29.8 Å². The number of hydrogen-bond acceptors (Lipinski definition) is 5. The van der Waals surface area contributed by atoms with Gasteiger partial charge in [-0.2, -0.15) is 0 Å². The maximum absolute atomic E-state index is 5.96. The van der Waals surface area contributed by atoms with Crippen molar-refractivity contribution in [1.29, 1.82) is 0 Å². The number of benzene rings is 2. The average Bonchev–Trinajstić information content (AvgIpc) is 3.39. The van der Waals surface area contributed by atoms with Crippen LogP contribution in [0.5, 0.6) is 11.5 Å². The predicted octanol–water partition coefficient (Wildman–Crippen LogP) is 5.08. The average molecular weight is 490 g/mol. The minimum atomic E-state index is 0.549. The second kappa shape index (κ2) is 12.0. The molecular weight excluding hydrogens is 460 g/mol. The molecule has 2 N–H and O–H groups in total. The second-order valence-corrected chi connectivity index (χ2v) is 8.24. The summed E-state index contributed by atoms with van der Waals surface area (Å²) in [6, 6.07) is 19.4. The molecule has 0 bridgehead atoms. The van der Waals surface area contributed by atoms with E-state index in [1.165, 1.54) is 0 Å². The molecule has 4 aromatic rings. The number of nitrogens with zero attached hydrogens (tertiary/aromatic N) is 2. The van der Waals surface area contributed by atoms with Crippen molar-refractivity contribution in [2.24, 2.45) is 0 Å². The summed E-state index contributed by atoms with van der Waals surface area (Å²) in [5, 5.41) is 6.94. The van der Waals surface area contributed by atoms with Gasteiger partial charge in [0.05, 0.1) is 13.3 Å². The van der Waals surface area contributed by atoms with Crippen LogP contribution in [0, 0.1) is 0 Å². The number of nitrogens with one attached hydrogen (secondary N) is 2. The summed E-state index contributed by atoms with van der Waals surface area (Å²) in [6.07, 6.45) is 6.75. The molecule has 35 heavy (non-hydrogen) atoms. The summed E-state index contributed by atoms with van der Waals surface area (Å²) in [7, 11) is 1.65. The molecule has 0 spiro atoms. The zero-order valence-electron chi connectivity index (χ0n) is 19.9. The van der Waals surface area contributed by atoms with Crippen molar-refractivity contribution in [2.75, 3.05) is 25.6 Å². The van der Waals surface area contributed by atoms with Gasteiger partial charge in [-0.05, 0) is 67.2 Å². The van der Waals surface area contributed by atoms with E-state index in [1.807, 2.05) is 73.1 Å².